The van der Waals surface area contributed by atoms with Crippen molar-refractivity contribution in [3.8, 4) is 0 Å². The van der Waals surface area contributed by atoms with Gasteiger partial charge in [0.25, 0.3) is 0 Å². The van der Waals surface area contributed by atoms with Crippen LogP contribution in [-0.4, -0.2) is 7.05 Å². The van der Waals surface area contributed by atoms with E-state index in [1.807, 2.05) is 0 Å². The molecule has 0 fully saturated rings. The molecule has 0 saturated heterocycles. The van der Waals surface area contributed by atoms with Crippen molar-refractivity contribution in [2.45, 2.75) is 26.3 Å². The van der Waals surface area contributed by atoms with Gasteiger partial charge in [0.15, 0.2) is 0 Å². The van der Waals surface area contributed by atoms with Crippen LogP contribution in [0.2, 0.25) is 0 Å². The second kappa shape index (κ2) is 6.12. The number of rotatable bonds is 4. The van der Waals surface area contributed by atoms with Crippen molar-refractivity contribution < 1.29 is 0 Å². The lowest BCUT2D eigenvalue weighted by atomic mass is 10.1. The van der Waals surface area contributed by atoms with Gasteiger partial charge in [-0.05, 0) is 42.7 Å². The minimum absolute atomic E-state index is 0.577. The van der Waals surface area contributed by atoms with E-state index in [2.05, 4.69) is 68.3 Å². The minimum atomic E-state index is 0.577. The normalized spacial score (nSPS) is 10.5. The molecule has 0 aliphatic carbocycles. The van der Waals surface area contributed by atoms with Gasteiger partial charge in [-0.3, -0.25) is 0 Å². The molecule has 0 amide bonds. The lowest BCUT2D eigenvalue weighted by molar-refractivity contribution is 0.920. The van der Waals surface area contributed by atoms with Crippen molar-refractivity contribution in [1.29, 1.82) is 0 Å². The van der Waals surface area contributed by atoms with E-state index in [0.717, 1.165) is 6.54 Å². The summed E-state index contributed by atoms with van der Waals surface area (Å²) in [6.07, 6.45) is 0. The maximum Gasteiger partial charge on any atom is 0.0476 e. The van der Waals surface area contributed by atoms with Gasteiger partial charge in [-0.2, -0.15) is 0 Å². The van der Waals surface area contributed by atoms with E-state index in [1.54, 1.807) is 0 Å². The first-order valence-corrected chi connectivity index (χ1v) is 7.06. The Bertz CT molecular complexity index is 546. The first kappa shape index (κ1) is 14.0. The van der Waals surface area contributed by atoms with Crippen molar-refractivity contribution in [3.63, 3.8) is 0 Å². The molecule has 100 valence electrons. The molecule has 2 aromatic carbocycles. The lowest BCUT2D eigenvalue weighted by Gasteiger charge is -2.20. The van der Waals surface area contributed by atoms with Gasteiger partial charge >= 0.3 is 0 Å². The highest BCUT2D eigenvalue weighted by Crippen LogP contribution is 2.21. The van der Waals surface area contributed by atoms with Crippen LogP contribution >= 0.6 is 11.6 Å². The molecule has 0 unspecified atom stereocenters. The fourth-order valence-electron chi connectivity index (χ4n) is 2.13. The summed E-state index contributed by atoms with van der Waals surface area (Å²) in [7, 11) is 2.12. The van der Waals surface area contributed by atoms with Gasteiger partial charge < -0.3 is 4.90 Å². The van der Waals surface area contributed by atoms with Crippen molar-refractivity contribution in [2.24, 2.45) is 0 Å². The first-order chi connectivity index (χ1) is 9.10. The summed E-state index contributed by atoms with van der Waals surface area (Å²) in [4.78, 5) is 2.26. The van der Waals surface area contributed by atoms with Crippen LogP contribution in [0.5, 0.6) is 0 Å². The van der Waals surface area contributed by atoms with Gasteiger partial charge in [0, 0.05) is 25.2 Å². The maximum absolute atomic E-state index is 5.90. The highest BCUT2D eigenvalue weighted by molar-refractivity contribution is 6.17. The van der Waals surface area contributed by atoms with E-state index in [-0.39, 0.29) is 0 Å². The maximum atomic E-state index is 5.90. The standard InChI is InChI=1S/C17H20ClN/c1-13-4-6-15(7-5-13)12-19(3)17-9-8-16(11-18)14(2)10-17/h4-10H,11-12H2,1-3H3. The fraction of sp³-hybridized carbons (Fsp3) is 0.294. The number of aryl methyl sites for hydroxylation is 2. The van der Waals surface area contributed by atoms with E-state index in [4.69, 9.17) is 11.6 Å². The molecular weight excluding hydrogens is 254 g/mol. The Balaban J connectivity index is 2.13. The van der Waals surface area contributed by atoms with Gasteiger partial charge in [-0.1, -0.05) is 35.9 Å². The van der Waals surface area contributed by atoms with Crippen LogP contribution in [0.3, 0.4) is 0 Å². The van der Waals surface area contributed by atoms with Crippen LogP contribution in [0, 0.1) is 13.8 Å². The number of anilines is 1. The Labute approximate surface area is 120 Å². The van der Waals surface area contributed by atoms with Gasteiger partial charge in [-0.15, -0.1) is 11.6 Å². The molecule has 0 atom stereocenters. The van der Waals surface area contributed by atoms with Crippen molar-refractivity contribution in [2.75, 3.05) is 11.9 Å². The predicted octanol–water partition coefficient (Wildman–Crippen LogP) is 4.68. The van der Waals surface area contributed by atoms with Crippen LogP contribution < -0.4 is 4.90 Å². The van der Waals surface area contributed by atoms with E-state index in [0.29, 0.717) is 5.88 Å². The van der Waals surface area contributed by atoms with Crippen LogP contribution in [0.4, 0.5) is 5.69 Å². The molecule has 0 radical (unpaired) electrons. The largest absolute Gasteiger partial charge is 0.370 e. The van der Waals surface area contributed by atoms with Crippen molar-refractivity contribution >= 4 is 17.3 Å². The molecule has 0 N–H and O–H groups in total. The average molecular weight is 274 g/mol. The second-order valence-corrected chi connectivity index (χ2v) is 5.35. The molecule has 2 aromatic rings. The molecule has 0 spiro atoms. The highest BCUT2D eigenvalue weighted by Gasteiger charge is 2.04. The molecule has 0 aliphatic heterocycles. The predicted molar refractivity (Wildman–Crippen MR) is 84.0 cm³/mol. The van der Waals surface area contributed by atoms with Gasteiger partial charge in [0.1, 0.15) is 0 Å². The third kappa shape index (κ3) is 3.51. The zero-order valence-electron chi connectivity index (χ0n) is 11.8. The summed E-state index contributed by atoms with van der Waals surface area (Å²) in [5.74, 6) is 0.577. The highest BCUT2D eigenvalue weighted by atomic mass is 35.5. The molecule has 2 heteroatoms. The third-order valence-electron chi connectivity index (χ3n) is 3.45. The van der Waals surface area contributed by atoms with Crippen LogP contribution in [0.25, 0.3) is 0 Å². The summed E-state index contributed by atoms with van der Waals surface area (Å²) < 4.78 is 0. The zero-order chi connectivity index (χ0) is 13.8. The molecule has 0 heterocycles. The molecule has 0 saturated carbocycles. The Kier molecular flexibility index (Phi) is 4.49. The van der Waals surface area contributed by atoms with Gasteiger partial charge in [0.2, 0.25) is 0 Å². The van der Waals surface area contributed by atoms with Gasteiger partial charge in [-0.25, -0.2) is 0 Å². The summed E-state index contributed by atoms with van der Waals surface area (Å²) >= 11 is 5.90. The molecule has 0 bridgehead atoms. The van der Waals surface area contributed by atoms with Crippen molar-refractivity contribution in [1.82, 2.24) is 0 Å². The first-order valence-electron chi connectivity index (χ1n) is 6.52. The number of hydrogen-bond acceptors (Lipinski definition) is 1. The number of nitrogens with zero attached hydrogens (tertiary/aromatic N) is 1. The van der Waals surface area contributed by atoms with Crippen LogP contribution in [0.1, 0.15) is 22.3 Å². The Morgan fingerprint density at radius 3 is 2.26 bits per heavy atom. The monoisotopic (exact) mass is 273 g/mol. The zero-order valence-corrected chi connectivity index (χ0v) is 12.5. The molecule has 1 nitrogen and oxygen atoms in total. The SMILES string of the molecule is Cc1ccc(CN(C)c2ccc(CCl)c(C)c2)cc1. The smallest absolute Gasteiger partial charge is 0.0476 e. The van der Waals surface area contributed by atoms with E-state index >= 15 is 0 Å². The van der Waals surface area contributed by atoms with Crippen molar-refractivity contribution in [3.05, 3.63) is 64.7 Å². The Morgan fingerprint density at radius 1 is 1.00 bits per heavy atom. The number of halogens is 1. The number of benzene rings is 2. The lowest BCUT2D eigenvalue weighted by Crippen LogP contribution is -2.16. The molecule has 19 heavy (non-hydrogen) atoms. The summed E-state index contributed by atoms with van der Waals surface area (Å²) in [6, 6.07) is 15.1. The summed E-state index contributed by atoms with van der Waals surface area (Å²) in [6.45, 7) is 5.14. The average Bonchev–Trinajstić information content (AvgIpc) is 2.41. The summed E-state index contributed by atoms with van der Waals surface area (Å²) in [5, 5.41) is 0. The van der Waals surface area contributed by atoms with Gasteiger partial charge in [0.05, 0.1) is 0 Å². The van der Waals surface area contributed by atoms with E-state index in [9.17, 15) is 0 Å². The van der Waals surface area contributed by atoms with E-state index < -0.39 is 0 Å². The van der Waals surface area contributed by atoms with Crippen LogP contribution in [0.15, 0.2) is 42.5 Å². The molecule has 0 aromatic heterocycles. The summed E-state index contributed by atoms with van der Waals surface area (Å²) in [5.41, 5.74) is 6.31. The van der Waals surface area contributed by atoms with Crippen LogP contribution in [-0.2, 0) is 12.4 Å². The van der Waals surface area contributed by atoms with E-state index in [1.165, 1.54) is 27.9 Å². The fourth-order valence-corrected chi connectivity index (χ4v) is 2.43. The number of alkyl halides is 1. The quantitative estimate of drug-likeness (QED) is 0.731. The molecule has 0 aliphatic rings. The molecular formula is C17H20ClN. The molecule has 2 rings (SSSR count). The number of hydrogen-bond donors (Lipinski definition) is 0. The topological polar surface area (TPSA) is 3.24 Å². The third-order valence-corrected chi connectivity index (χ3v) is 3.74. The Morgan fingerprint density at radius 2 is 1.68 bits per heavy atom. The Hall–Kier alpha value is -1.47. The second-order valence-electron chi connectivity index (χ2n) is 5.09. The minimum Gasteiger partial charge on any atom is -0.370 e.